The van der Waals surface area contributed by atoms with E-state index in [0.29, 0.717) is 42.8 Å². The minimum Gasteiger partial charge on any atom is -0.490 e. The van der Waals surface area contributed by atoms with Gasteiger partial charge in [0.25, 0.3) is 0 Å². The average Bonchev–Trinajstić information content (AvgIpc) is 2.55. The normalized spacial score (nSPS) is 10.1. The van der Waals surface area contributed by atoms with E-state index in [4.69, 9.17) is 26.2 Å². The van der Waals surface area contributed by atoms with Gasteiger partial charge in [-0.1, -0.05) is 41.9 Å². The van der Waals surface area contributed by atoms with Crippen LogP contribution in [0.4, 0.5) is 0 Å². The summed E-state index contributed by atoms with van der Waals surface area (Å²) in [6.07, 6.45) is 0. The fraction of sp³-hybridized carbons (Fsp3) is 0.333. The number of aliphatic hydroxyl groups excluding tert-OH is 1. The largest absolute Gasteiger partial charge is 0.490 e. The molecule has 0 saturated heterocycles. The van der Waals surface area contributed by atoms with Gasteiger partial charge >= 0.3 is 0 Å². The SMILES string of the molecule is CCOc1cc(CNCCO)cc(Cl)c1OCc1ccccc1.Cl. The Morgan fingerprint density at radius 2 is 1.83 bits per heavy atom. The van der Waals surface area contributed by atoms with E-state index < -0.39 is 0 Å². The van der Waals surface area contributed by atoms with E-state index in [9.17, 15) is 0 Å². The summed E-state index contributed by atoms with van der Waals surface area (Å²) in [5, 5.41) is 12.5. The summed E-state index contributed by atoms with van der Waals surface area (Å²) >= 11 is 6.37. The van der Waals surface area contributed by atoms with Crippen LogP contribution in [0.3, 0.4) is 0 Å². The first-order chi connectivity index (χ1) is 11.2. The molecular formula is C18H23Cl2NO3. The van der Waals surface area contributed by atoms with Gasteiger partial charge in [-0.2, -0.15) is 0 Å². The maximum Gasteiger partial charge on any atom is 0.180 e. The summed E-state index contributed by atoms with van der Waals surface area (Å²) in [6.45, 7) is 4.14. The molecule has 0 radical (unpaired) electrons. The van der Waals surface area contributed by atoms with Crippen molar-refractivity contribution in [2.24, 2.45) is 0 Å². The summed E-state index contributed by atoms with van der Waals surface area (Å²) < 4.78 is 11.5. The Kier molecular flexibility index (Phi) is 9.57. The highest BCUT2D eigenvalue weighted by Crippen LogP contribution is 2.37. The van der Waals surface area contributed by atoms with Crippen molar-refractivity contribution in [1.29, 1.82) is 0 Å². The molecule has 0 saturated carbocycles. The van der Waals surface area contributed by atoms with Gasteiger partial charge in [0.1, 0.15) is 6.61 Å². The number of rotatable bonds is 9. The minimum absolute atomic E-state index is 0. The van der Waals surface area contributed by atoms with Gasteiger partial charge in [0.2, 0.25) is 0 Å². The predicted molar refractivity (Wildman–Crippen MR) is 99.4 cm³/mol. The van der Waals surface area contributed by atoms with Crippen LogP contribution in [0.15, 0.2) is 42.5 Å². The molecule has 2 rings (SSSR count). The number of halogens is 2. The van der Waals surface area contributed by atoms with E-state index in [0.717, 1.165) is 11.1 Å². The van der Waals surface area contributed by atoms with E-state index in [1.807, 2.05) is 49.4 Å². The second-order valence-electron chi connectivity index (χ2n) is 5.01. The van der Waals surface area contributed by atoms with Crippen molar-refractivity contribution >= 4 is 24.0 Å². The standard InChI is InChI=1S/C18H22ClNO3.ClH/c1-2-22-17-11-15(12-20-8-9-21)10-16(19)18(17)23-13-14-6-4-3-5-7-14;/h3-7,10-11,20-21H,2,8-9,12-13H2,1H3;1H. The first-order valence-electron chi connectivity index (χ1n) is 7.68. The van der Waals surface area contributed by atoms with Crippen LogP contribution >= 0.6 is 24.0 Å². The van der Waals surface area contributed by atoms with E-state index in [1.54, 1.807) is 0 Å². The molecular weight excluding hydrogens is 349 g/mol. The molecule has 0 amide bonds. The van der Waals surface area contributed by atoms with Crippen molar-refractivity contribution in [1.82, 2.24) is 5.32 Å². The van der Waals surface area contributed by atoms with Crippen molar-refractivity contribution in [3.05, 3.63) is 58.6 Å². The molecule has 132 valence electrons. The Morgan fingerprint density at radius 1 is 1.08 bits per heavy atom. The van der Waals surface area contributed by atoms with Crippen LogP contribution in [-0.2, 0) is 13.2 Å². The zero-order valence-corrected chi connectivity index (χ0v) is 15.2. The second-order valence-corrected chi connectivity index (χ2v) is 5.42. The Labute approximate surface area is 154 Å². The molecule has 0 bridgehead atoms. The fourth-order valence-corrected chi connectivity index (χ4v) is 2.46. The molecule has 0 aliphatic rings. The third kappa shape index (κ3) is 6.21. The smallest absolute Gasteiger partial charge is 0.180 e. The summed E-state index contributed by atoms with van der Waals surface area (Å²) in [4.78, 5) is 0. The summed E-state index contributed by atoms with van der Waals surface area (Å²) in [6, 6.07) is 13.7. The van der Waals surface area contributed by atoms with E-state index >= 15 is 0 Å². The highest BCUT2D eigenvalue weighted by Gasteiger charge is 2.13. The molecule has 0 heterocycles. The maximum absolute atomic E-state index is 8.83. The van der Waals surface area contributed by atoms with Gasteiger partial charge in [-0.05, 0) is 30.2 Å². The highest BCUT2D eigenvalue weighted by molar-refractivity contribution is 6.32. The number of nitrogens with one attached hydrogen (secondary N) is 1. The van der Waals surface area contributed by atoms with Gasteiger partial charge in [0.05, 0.1) is 18.2 Å². The maximum atomic E-state index is 8.83. The molecule has 4 nitrogen and oxygen atoms in total. The summed E-state index contributed by atoms with van der Waals surface area (Å²) in [5.74, 6) is 1.19. The van der Waals surface area contributed by atoms with Gasteiger partial charge in [-0.3, -0.25) is 0 Å². The number of benzene rings is 2. The summed E-state index contributed by atoms with van der Waals surface area (Å²) in [7, 11) is 0. The molecule has 2 aromatic carbocycles. The molecule has 0 fully saturated rings. The highest BCUT2D eigenvalue weighted by atomic mass is 35.5. The van der Waals surface area contributed by atoms with Gasteiger partial charge in [0.15, 0.2) is 11.5 Å². The molecule has 2 aromatic rings. The van der Waals surface area contributed by atoms with Gasteiger partial charge in [-0.15, -0.1) is 12.4 Å². The van der Waals surface area contributed by atoms with Crippen LogP contribution in [0.1, 0.15) is 18.1 Å². The second kappa shape index (κ2) is 11.2. The summed E-state index contributed by atoms with van der Waals surface area (Å²) in [5.41, 5.74) is 2.05. The first-order valence-corrected chi connectivity index (χ1v) is 8.06. The lowest BCUT2D eigenvalue weighted by molar-refractivity contribution is 0.269. The zero-order valence-electron chi connectivity index (χ0n) is 13.6. The lowest BCUT2D eigenvalue weighted by atomic mass is 10.2. The van der Waals surface area contributed by atoms with E-state index in [2.05, 4.69) is 5.32 Å². The van der Waals surface area contributed by atoms with Crippen LogP contribution in [-0.4, -0.2) is 24.9 Å². The van der Waals surface area contributed by atoms with Gasteiger partial charge in [0, 0.05) is 13.1 Å². The monoisotopic (exact) mass is 371 g/mol. The Bertz CT molecular complexity index is 609. The quantitative estimate of drug-likeness (QED) is 0.657. The Morgan fingerprint density at radius 3 is 2.50 bits per heavy atom. The Balaban J connectivity index is 0.00000288. The van der Waals surface area contributed by atoms with Gasteiger partial charge < -0.3 is 19.9 Å². The van der Waals surface area contributed by atoms with Crippen molar-refractivity contribution in [3.8, 4) is 11.5 Å². The molecule has 0 atom stereocenters. The third-order valence-corrected chi connectivity index (χ3v) is 3.49. The lowest BCUT2D eigenvalue weighted by Crippen LogP contribution is -2.17. The number of hydrogen-bond donors (Lipinski definition) is 2. The topological polar surface area (TPSA) is 50.7 Å². The van der Waals surface area contributed by atoms with Crippen LogP contribution in [0.5, 0.6) is 11.5 Å². The van der Waals surface area contributed by atoms with Crippen LogP contribution in [0.2, 0.25) is 5.02 Å². The lowest BCUT2D eigenvalue weighted by Gasteiger charge is -2.15. The van der Waals surface area contributed by atoms with E-state index in [-0.39, 0.29) is 19.0 Å². The third-order valence-electron chi connectivity index (χ3n) is 3.21. The Hall–Kier alpha value is -1.46. The molecule has 2 N–H and O–H groups in total. The predicted octanol–water partition coefficient (Wildman–Crippen LogP) is 3.82. The van der Waals surface area contributed by atoms with Crippen molar-refractivity contribution in [2.45, 2.75) is 20.1 Å². The average molecular weight is 372 g/mol. The number of hydrogen-bond acceptors (Lipinski definition) is 4. The molecule has 0 unspecified atom stereocenters. The van der Waals surface area contributed by atoms with Crippen molar-refractivity contribution in [2.75, 3.05) is 19.8 Å². The van der Waals surface area contributed by atoms with Crippen LogP contribution in [0, 0.1) is 0 Å². The van der Waals surface area contributed by atoms with Crippen LogP contribution in [0.25, 0.3) is 0 Å². The first kappa shape index (κ1) is 20.6. The minimum atomic E-state index is 0. The zero-order chi connectivity index (χ0) is 16.5. The fourth-order valence-electron chi connectivity index (χ4n) is 2.17. The molecule has 0 spiro atoms. The van der Waals surface area contributed by atoms with Crippen molar-refractivity contribution < 1.29 is 14.6 Å². The van der Waals surface area contributed by atoms with Crippen molar-refractivity contribution in [3.63, 3.8) is 0 Å². The molecule has 0 aliphatic heterocycles. The van der Waals surface area contributed by atoms with E-state index in [1.165, 1.54) is 0 Å². The molecule has 6 heteroatoms. The van der Waals surface area contributed by atoms with Gasteiger partial charge in [-0.25, -0.2) is 0 Å². The molecule has 0 aliphatic carbocycles. The van der Waals surface area contributed by atoms with Crippen LogP contribution < -0.4 is 14.8 Å². The molecule has 24 heavy (non-hydrogen) atoms. The molecule has 0 aromatic heterocycles. The number of ether oxygens (including phenoxy) is 2. The number of aliphatic hydroxyl groups is 1.